The zero-order chi connectivity index (χ0) is 17.3. The second-order valence-electron chi connectivity index (χ2n) is 7.26. The van der Waals surface area contributed by atoms with Crippen molar-refractivity contribution < 1.29 is 41.5 Å². The van der Waals surface area contributed by atoms with Gasteiger partial charge in [-0.05, 0) is 50.4 Å². The summed E-state index contributed by atoms with van der Waals surface area (Å²) in [6.07, 6.45) is -0.599. The van der Waals surface area contributed by atoms with Gasteiger partial charge in [0, 0.05) is 0 Å². The summed E-state index contributed by atoms with van der Waals surface area (Å²) in [6, 6.07) is 0. The van der Waals surface area contributed by atoms with E-state index in [1.165, 1.54) is 0 Å². The first-order valence-electron chi connectivity index (χ1n) is 7.33. The zero-order valence-electron chi connectivity index (χ0n) is 12.1. The van der Waals surface area contributed by atoms with Gasteiger partial charge in [0.2, 0.25) is 0 Å². The molecule has 23 heavy (non-hydrogen) atoms. The van der Waals surface area contributed by atoms with Gasteiger partial charge in [-0.2, -0.15) is 17.2 Å². The lowest BCUT2D eigenvalue weighted by atomic mass is 9.48. The van der Waals surface area contributed by atoms with Crippen LogP contribution in [0, 0.1) is 17.3 Å². The van der Waals surface area contributed by atoms with Crippen LogP contribution in [0.3, 0.4) is 0 Å². The van der Waals surface area contributed by atoms with E-state index in [9.17, 15) is 32.2 Å². The maximum atomic E-state index is 13.3. The summed E-state index contributed by atoms with van der Waals surface area (Å²) in [5, 5.41) is 14.7. The van der Waals surface area contributed by atoms with Gasteiger partial charge in [0.25, 0.3) is 6.29 Å². The molecule has 0 heterocycles. The fourth-order valence-corrected chi connectivity index (χ4v) is 5.18. The molecule has 3 unspecified atom stereocenters. The van der Waals surface area contributed by atoms with E-state index in [-0.39, 0.29) is 18.3 Å². The van der Waals surface area contributed by atoms with Crippen LogP contribution >= 0.6 is 0 Å². The Balaban J connectivity index is 1.79. The van der Waals surface area contributed by atoms with Crippen molar-refractivity contribution in [3.8, 4) is 0 Å². The van der Waals surface area contributed by atoms with Gasteiger partial charge in [-0.15, -0.1) is 0 Å². The van der Waals surface area contributed by atoms with Crippen LogP contribution in [0.4, 0.5) is 8.78 Å². The molecule has 4 aliphatic rings. The third-order valence-corrected chi connectivity index (χ3v) is 6.20. The fraction of sp³-hybridized carbons (Fsp3) is 0.923. The molecule has 0 aliphatic heterocycles. The van der Waals surface area contributed by atoms with Crippen LogP contribution in [0.1, 0.15) is 38.5 Å². The summed E-state index contributed by atoms with van der Waals surface area (Å²) in [5.41, 5.74) is -2.23. The maximum absolute atomic E-state index is 13.3. The summed E-state index contributed by atoms with van der Waals surface area (Å²) in [7, 11) is -5.93. The summed E-state index contributed by atoms with van der Waals surface area (Å²) in [4.78, 5) is 12.3. The molecule has 0 amide bonds. The normalized spacial score (nSPS) is 40.9. The minimum atomic E-state index is -5.93. The standard InChI is InChI=1S/C13H18F2O7S/c14-13(15,23(19,20)21)10(17)22-9(16)11-2-7-1-8(3-11)5-12(18,4-7)6-11/h7-8,10,17-18H,1-6H2,(H,19,20,21). The highest BCUT2D eigenvalue weighted by Crippen LogP contribution is 2.62. The van der Waals surface area contributed by atoms with Crippen LogP contribution in [-0.2, 0) is 19.6 Å². The maximum Gasteiger partial charge on any atom is 0.430 e. The van der Waals surface area contributed by atoms with E-state index in [1.54, 1.807) is 0 Å². The Morgan fingerprint density at radius 3 is 2.17 bits per heavy atom. The summed E-state index contributed by atoms with van der Waals surface area (Å²) < 4.78 is 60.5. The van der Waals surface area contributed by atoms with E-state index in [2.05, 4.69) is 4.74 Å². The molecule has 7 nitrogen and oxygen atoms in total. The Hall–Kier alpha value is -0.840. The van der Waals surface area contributed by atoms with E-state index in [1.807, 2.05) is 0 Å². The van der Waals surface area contributed by atoms with Gasteiger partial charge in [-0.1, -0.05) is 0 Å². The van der Waals surface area contributed by atoms with Crippen LogP contribution < -0.4 is 0 Å². The van der Waals surface area contributed by atoms with Crippen molar-refractivity contribution in [1.29, 1.82) is 0 Å². The molecule has 0 radical (unpaired) electrons. The summed E-state index contributed by atoms with van der Waals surface area (Å²) in [5.74, 6) is -0.998. The molecular weight excluding hydrogens is 338 g/mol. The third kappa shape index (κ3) is 2.65. The SMILES string of the molecule is O=C(OC(O)C(F)(F)S(=O)(=O)O)C12CC3CC(CC(O)(C3)C1)C2. The Labute approximate surface area is 131 Å². The molecule has 4 aliphatic carbocycles. The monoisotopic (exact) mass is 356 g/mol. The molecule has 0 saturated heterocycles. The van der Waals surface area contributed by atoms with E-state index in [0.29, 0.717) is 25.7 Å². The molecule has 0 spiro atoms. The number of rotatable bonds is 4. The van der Waals surface area contributed by atoms with Crippen molar-refractivity contribution in [2.24, 2.45) is 17.3 Å². The molecule has 10 heteroatoms. The van der Waals surface area contributed by atoms with Gasteiger partial charge < -0.3 is 14.9 Å². The van der Waals surface area contributed by atoms with Gasteiger partial charge in [-0.25, -0.2) is 0 Å². The molecule has 0 aromatic heterocycles. The Kier molecular flexibility index (Phi) is 3.58. The number of carbonyl (C=O) groups excluding carboxylic acids is 1. The molecular formula is C13H18F2O7S. The molecule has 4 rings (SSSR count). The molecule has 3 N–H and O–H groups in total. The predicted molar refractivity (Wildman–Crippen MR) is 70.7 cm³/mol. The Bertz CT molecular complexity index is 618. The molecule has 0 aromatic rings. The summed E-state index contributed by atoms with van der Waals surface area (Å²) in [6.45, 7) is 0. The smallest absolute Gasteiger partial charge is 0.427 e. The molecule has 132 valence electrons. The first-order valence-corrected chi connectivity index (χ1v) is 8.77. The predicted octanol–water partition coefficient (Wildman–Crippen LogP) is 0.660. The Morgan fingerprint density at radius 1 is 1.22 bits per heavy atom. The fourth-order valence-electron chi connectivity index (χ4n) is 4.88. The van der Waals surface area contributed by atoms with Crippen LogP contribution in [0.5, 0.6) is 0 Å². The largest absolute Gasteiger partial charge is 0.430 e. The van der Waals surface area contributed by atoms with Crippen molar-refractivity contribution >= 4 is 16.1 Å². The van der Waals surface area contributed by atoms with Crippen LogP contribution in [0.2, 0.25) is 0 Å². The third-order valence-electron chi connectivity index (χ3n) is 5.31. The van der Waals surface area contributed by atoms with E-state index >= 15 is 0 Å². The number of ether oxygens (including phenoxy) is 1. The van der Waals surface area contributed by atoms with Crippen molar-refractivity contribution in [3.05, 3.63) is 0 Å². The van der Waals surface area contributed by atoms with Gasteiger partial charge in [0.1, 0.15) is 0 Å². The molecule has 3 atom stereocenters. The average molecular weight is 356 g/mol. The number of hydrogen-bond donors (Lipinski definition) is 3. The highest BCUT2D eigenvalue weighted by molar-refractivity contribution is 7.86. The number of alkyl halides is 2. The van der Waals surface area contributed by atoms with Crippen molar-refractivity contribution in [2.45, 2.75) is 55.7 Å². The lowest BCUT2D eigenvalue weighted by Gasteiger charge is -2.58. The zero-order valence-corrected chi connectivity index (χ0v) is 12.9. The van der Waals surface area contributed by atoms with E-state index < -0.39 is 38.6 Å². The van der Waals surface area contributed by atoms with E-state index in [4.69, 9.17) is 4.55 Å². The summed E-state index contributed by atoms with van der Waals surface area (Å²) >= 11 is 0. The van der Waals surface area contributed by atoms with Gasteiger partial charge in [0.15, 0.2) is 0 Å². The number of halogens is 2. The first-order chi connectivity index (χ1) is 10.4. The topological polar surface area (TPSA) is 121 Å². The van der Waals surface area contributed by atoms with Crippen LogP contribution in [0.25, 0.3) is 0 Å². The average Bonchev–Trinajstić information content (AvgIpc) is 2.33. The number of aliphatic hydroxyl groups excluding tert-OH is 1. The minimum Gasteiger partial charge on any atom is -0.427 e. The molecule has 0 aromatic carbocycles. The quantitative estimate of drug-likeness (QED) is 0.384. The number of carbonyl (C=O) groups is 1. The lowest BCUT2D eigenvalue weighted by molar-refractivity contribution is -0.233. The van der Waals surface area contributed by atoms with Gasteiger partial charge in [0.05, 0.1) is 11.0 Å². The van der Waals surface area contributed by atoms with Crippen molar-refractivity contribution in [3.63, 3.8) is 0 Å². The van der Waals surface area contributed by atoms with Crippen molar-refractivity contribution in [1.82, 2.24) is 0 Å². The molecule has 4 bridgehead atoms. The van der Waals surface area contributed by atoms with Crippen LogP contribution in [0.15, 0.2) is 0 Å². The van der Waals surface area contributed by atoms with Gasteiger partial charge >= 0.3 is 21.3 Å². The number of hydrogen-bond acceptors (Lipinski definition) is 6. The second-order valence-corrected chi connectivity index (χ2v) is 8.75. The van der Waals surface area contributed by atoms with Crippen molar-refractivity contribution in [2.75, 3.05) is 0 Å². The van der Waals surface area contributed by atoms with Crippen LogP contribution in [-0.4, -0.2) is 46.3 Å². The number of aliphatic hydroxyl groups is 2. The molecule has 4 saturated carbocycles. The number of esters is 1. The van der Waals surface area contributed by atoms with Gasteiger partial charge in [-0.3, -0.25) is 9.35 Å². The minimum absolute atomic E-state index is 0.0516. The second kappa shape index (κ2) is 4.84. The van der Waals surface area contributed by atoms with E-state index in [0.717, 1.165) is 6.42 Å². The highest BCUT2D eigenvalue weighted by atomic mass is 32.2. The molecule has 4 fully saturated rings. The Morgan fingerprint density at radius 2 is 1.74 bits per heavy atom. The first kappa shape index (κ1) is 17.0. The lowest BCUT2D eigenvalue weighted by Crippen LogP contribution is -2.59. The highest BCUT2D eigenvalue weighted by Gasteiger charge is 2.62.